The standard InChI is InChI=1S/C10H10BrN3S/c1-7(8-3-2-4-15-8)14-10-6-12-9(11)5-13-10/h2-7H,1H3,(H,13,14). The summed E-state index contributed by atoms with van der Waals surface area (Å²) in [6.45, 7) is 2.11. The van der Waals surface area contributed by atoms with E-state index in [1.807, 2.05) is 6.07 Å². The van der Waals surface area contributed by atoms with Gasteiger partial charge >= 0.3 is 0 Å². The molecule has 2 rings (SSSR count). The van der Waals surface area contributed by atoms with Crippen molar-refractivity contribution >= 4 is 33.1 Å². The molecule has 0 spiro atoms. The Morgan fingerprint density at radius 3 is 2.87 bits per heavy atom. The Morgan fingerprint density at radius 2 is 2.27 bits per heavy atom. The Bertz CT molecular complexity index is 413. The normalized spacial score (nSPS) is 12.4. The van der Waals surface area contributed by atoms with Crippen LogP contribution in [-0.2, 0) is 0 Å². The quantitative estimate of drug-likeness (QED) is 0.937. The number of thiophene rings is 1. The monoisotopic (exact) mass is 283 g/mol. The van der Waals surface area contributed by atoms with E-state index in [0.29, 0.717) is 0 Å². The first-order chi connectivity index (χ1) is 7.25. The van der Waals surface area contributed by atoms with E-state index in [4.69, 9.17) is 0 Å². The Hall–Kier alpha value is -0.940. The number of halogens is 1. The van der Waals surface area contributed by atoms with Crippen molar-refractivity contribution in [1.29, 1.82) is 0 Å². The molecule has 5 heteroatoms. The first-order valence-electron chi connectivity index (χ1n) is 4.53. The first-order valence-corrected chi connectivity index (χ1v) is 6.20. The van der Waals surface area contributed by atoms with Crippen molar-refractivity contribution in [3.05, 3.63) is 39.4 Å². The molecule has 0 aliphatic rings. The molecule has 3 nitrogen and oxygen atoms in total. The fraction of sp³-hybridized carbons (Fsp3) is 0.200. The molecule has 2 aromatic heterocycles. The lowest BCUT2D eigenvalue weighted by atomic mass is 10.3. The maximum Gasteiger partial charge on any atom is 0.145 e. The van der Waals surface area contributed by atoms with Crippen LogP contribution in [0, 0.1) is 0 Å². The van der Waals surface area contributed by atoms with Gasteiger partial charge in [-0.3, -0.25) is 0 Å². The van der Waals surface area contributed by atoms with Crippen LogP contribution >= 0.6 is 27.3 Å². The van der Waals surface area contributed by atoms with Crippen LogP contribution in [0.1, 0.15) is 17.8 Å². The van der Waals surface area contributed by atoms with Gasteiger partial charge in [-0.2, -0.15) is 0 Å². The molecule has 78 valence electrons. The third-order valence-corrected chi connectivity index (χ3v) is 3.42. The minimum absolute atomic E-state index is 0.264. The summed E-state index contributed by atoms with van der Waals surface area (Å²) in [7, 11) is 0. The van der Waals surface area contributed by atoms with Crippen molar-refractivity contribution < 1.29 is 0 Å². The van der Waals surface area contributed by atoms with E-state index >= 15 is 0 Å². The molecule has 0 saturated heterocycles. The molecular weight excluding hydrogens is 274 g/mol. The number of aromatic nitrogens is 2. The van der Waals surface area contributed by atoms with Gasteiger partial charge in [-0.25, -0.2) is 9.97 Å². The molecule has 0 saturated carbocycles. The molecule has 0 aliphatic carbocycles. The summed E-state index contributed by atoms with van der Waals surface area (Å²) in [5.74, 6) is 0.791. The van der Waals surface area contributed by atoms with Gasteiger partial charge in [0.05, 0.1) is 18.4 Å². The summed E-state index contributed by atoms with van der Waals surface area (Å²) in [6.07, 6.45) is 3.40. The molecule has 0 aromatic carbocycles. The van der Waals surface area contributed by atoms with Gasteiger partial charge in [-0.05, 0) is 34.3 Å². The summed E-state index contributed by atoms with van der Waals surface area (Å²) >= 11 is 4.98. The minimum atomic E-state index is 0.264. The van der Waals surface area contributed by atoms with Crippen LogP contribution < -0.4 is 5.32 Å². The van der Waals surface area contributed by atoms with Crippen LogP contribution in [0.3, 0.4) is 0 Å². The van der Waals surface area contributed by atoms with Gasteiger partial charge in [0.15, 0.2) is 0 Å². The van der Waals surface area contributed by atoms with Gasteiger partial charge < -0.3 is 5.32 Å². The van der Waals surface area contributed by atoms with Crippen LogP contribution in [0.5, 0.6) is 0 Å². The molecule has 0 fully saturated rings. The summed E-state index contributed by atoms with van der Waals surface area (Å²) in [5, 5.41) is 5.36. The van der Waals surface area contributed by atoms with E-state index in [1.54, 1.807) is 23.7 Å². The van der Waals surface area contributed by atoms with Crippen molar-refractivity contribution in [2.75, 3.05) is 5.32 Å². The van der Waals surface area contributed by atoms with E-state index in [0.717, 1.165) is 10.4 Å². The molecule has 0 radical (unpaired) electrons. The average molecular weight is 284 g/mol. The van der Waals surface area contributed by atoms with Crippen molar-refractivity contribution in [3.63, 3.8) is 0 Å². The number of hydrogen-bond acceptors (Lipinski definition) is 4. The number of hydrogen-bond donors (Lipinski definition) is 1. The van der Waals surface area contributed by atoms with Gasteiger partial charge in [0.2, 0.25) is 0 Å². The van der Waals surface area contributed by atoms with Crippen LogP contribution in [0.25, 0.3) is 0 Å². The van der Waals surface area contributed by atoms with E-state index in [9.17, 15) is 0 Å². The molecule has 1 atom stereocenters. The fourth-order valence-electron chi connectivity index (χ4n) is 1.22. The van der Waals surface area contributed by atoms with Crippen molar-refractivity contribution in [2.24, 2.45) is 0 Å². The summed E-state index contributed by atoms with van der Waals surface area (Å²) in [4.78, 5) is 9.61. The Kier molecular flexibility index (Phi) is 3.33. The molecule has 0 bridgehead atoms. The molecule has 2 heterocycles. The second-order valence-corrected chi connectivity index (χ2v) is 4.90. The van der Waals surface area contributed by atoms with E-state index < -0.39 is 0 Å². The lowest BCUT2D eigenvalue weighted by molar-refractivity contribution is 0.891. The number of nitrogens with zero attached hydrogens (tertiary/aromatic N) is 2. The third-order valence-electron chi connectivity index (χ3n) is 1.95. The maximum atomic E-state index is 4.21. The van der Waals surface area contributed by atoms with Gasteiger partial charge in [0.1, 0.15) is 10.4 Å². The fourth-order valence-corrected chi connectivity index (χ4v) is 2.16. The molecule has 1 unspecified atom stereocenters. The topological polar surface area (TPSA) is 37.8 Å². The summed E-state index contributed by atoms with van der Waals surface area (Å²) < 4.78 is 0.747. The number of rotatable bonds is 3. The number of nitrogens with one attached hydrogen (secondary N) is 1. The minimum Gasteiger partial charge on any atom is -0.361 e. The molecule has 0 aliphatic heterocycles. The van der Waals surface area contributed by atoms with E-state index in [2.05, 4.69) is 49.6 Å². The zero-order valence-electron chi connectivity index (χ0n) is 8.14. The van der Waals surface area contributed by atoms with Crippen molar-refractivity contribution in [3.8, 4) is 0 Å². The Morgan fingerprint density at radius 1 is 1.40 bits per heavy atom. The predicted octanol–water partition coefficient (Wildman–Crippen LogP) is 3.47. The highest BCUT2D eigenvalue weighted by Crippen LogP contribution is 2.21. The zero-order chi connectivity index (χ0) is 10.7. The Labute approximate surface area is 101 Å². The van der Waals surface area contributed by atoms with Crippen LogP contribution in [0.2, 0.25) is 0 Å². The highest BCUT2D eigenvalue weighted by Gasteiger charge is 2.06. The van der Waals surface area contributed by atoms with Crippen LogP contribution in [0.15, 0.2) is 34.5 Å². The average Bonchev–Trinajstić information content (AvgIpc) is 2.74. The number of anilines is 1. The van der Waals surface area contributed by atoms with E-state index in [-0.39, 0.29) is 6.04 Å². The second-order valence-electron chi connectivity index (χ2n) is 3.11. The highest BCUT2D eigenvalue weighted by molar-refractivity contribution is 9.10. The van der Waals surface area contributed by atoms with Crippen LogP contribution in [0.4, 0.5) is 5.82 Å². The van der Waals surface area contributed by atoms with E-state index in [1.165, 1.54) is 4.88 Å². The molecule has 15 heavy (non-hydrogen) atoms. The SMILES string of the molecule is CC(Nc1cnc(Br)cn1)c1cccs1. The second kappa shape index (κ2) is 4.72. The zero-order valence-corrected chi connectivity index (χ0v) is 10.5. The van der Waals surface area contributed by atoms with Gasteiger partial charge in [-0.15, -0.1) is 11.3 Å². The maximum absolute atomic E-state index is 4.21. The van der Waals surface area contributed by atoms with Gasteiger partial charge in [0.25, 0.3) is 0 Å². The van der Waals surface area contributed by atoms with Crippen molar-refractivity contribution in [2.45, 2.75) is 13.0 Å². The molecule has 2 aromatic rings. The first kappa shape index (κ1) is 10.6. The molecular formula is C10H10BrN3S. The molecule has 0 amide bonds. The lowest BCUT2D eigenvalue weighted by Gasteiger charge is -2.11. The van der Waals surface area contributed by atoms with Gasteiger partial charge in [0, 0.05) is 4.88 Å². The van der Waals surface area contributed by atoms with Crippen molar-refractivity contribution in [1.82, 2.24) is 9.97 Å². The summed E-state index contributed by atoms with van der Waals surface area (Å²) in [6, 6.07) is 4.42. The lowest BCUT2D eigenvalue weighted by Crippen LogP contribution is -2.06. The van der Waals surface area contributed by atoms with Gasteiger partial charge in [-0.1, -0.05) is 6.07 Å². The molecule has 1 N–H and O–H groups in total. The largest absolute Gasteiger partial charge is 0.361 e. The third kappa shape index (κ3) is 2.76. The predicted molar refractivity (Wildman–Crippen MR) is 66.1 cm³/mol. The highest BCUT2D eigenvalue weighted by atomic mass is 79.9. The Balaban J connectivity index is 2.06. The summed E-state index contributed by atoms with van der Waals surface area (Å²) in [5.41, 5.74) is 0. The smallest absolute Gasteiger partial charge is 0.145 e. The van der Waals surface area contributed by atoms with Crippen LogP contribution in [-0.4, -0.2) is 9.97 Å².